The molecule has 6 nitrogen and oxygen atoms in total. The Labute approximate surface area is 143 Å². The second-order valence-corrected chi connectivity index (χ2v) is 7.12. The van der Waals surface area contributed by atoms with E-state index >= 15 is 0 Å². The molecule has 1 fully saturated rings. The molecular formula is C18H27N3O3. The van der Waals surface area contributed by atoms with Crippen LogP contribution in [-0.2, 0) is 11.3 Å². The summed E-state index contributed by atoms with van der Waals surface area (Å²) in [6, 6.07) is 9.39. The van der Waals surface area contributed by atoms with E-state index in [1.54, 1.807) is 20.8 Å². The summed E-state index contributed by atoms with van der Waals surface area (Å²) in [5.74, 6) is 0. The number of amides is 3. The van der Waals surface area contributed by atoms with Gasteiger partial charge in [-0.2, -0.15) is 0 Å². The van der Waals surface area contributed by atoms with Gasteiger partial charge in [-0.25, -0.2) is 20.0 Å². The van der Waals surface area contributed by atoms with Crippen molar-refractivity contribution in [1.29, 1.82) is 0 Å². The monoisotopic (exact) mass is 333 g/mol. The summed E-state index contributed by atoms with van der Waals surface area (Å²) in [7, 11) is 0. The first kappa shape index (κ1) is 18.1. The molecule has 24 heavy (non-hydrogen) atoms. The van der Waals surface area contributed by atoms with Crippen LogP contribution in [0.15, 0.2) is 30.3 Å². The molecule has 3 amide bonds. The summed E-state index contributed by atoms with van der Waals surface area (Å²) in [5, 5.41) is 4.26. The maximum Gasteiger partial charge on any atom is 0.426 e. The van der Waals surface area contributed by atoms with Gasteiger partial charge in [0.05, 0.1) is 6.54 Å². The number of nitrogens with zero attached hydrogens (tertiary/aromatic N) is 1. The second-order valence-electron chi connectivity index (χ2n) is 7.12. The Kier molecular flexibility index (Phi) is 6.06. The van der Waals surface area contributed by atoms with Crippen molar-refractivity contribution in [3.05, 3.63) is 35.9 Å². The zero-order valence-electron chi connectivity index (χ0n) is 14.7. The molecule has 1 saturated carbocycles. The largest absolute Gasteiger partial charge is 0.443 e. The van der Waals surface area contributed by atoms with Crippen molar-refractivity contribution in [2.45, 2.75) is 64.6 Å². The average molecular weight is 333 g/mol. The number of hydrogen-bond acceptors (Lipinski definition) is 3. The van der Waals surface area contributed by atoms with Crippen molar-refractivity contribution in [3.63, 3.8) is 0 Å². The van der Waals surface area contributed by atoms with Gasteiger partial charge in [0.2, 0.25) is 0 Å². The smallest absolute Gasteiger partial charge is 0.426 e. The third-order valence-corrected chi connectivity index (χ3v) is 3.74. The molecule has 6 heteroatoms. The normalized spacial score (nSPS) is 15.0. The number of benzene rings is 1. The van der Waals surface area contributed by atoms with Crippen LogP contribution < -0.4 is 10.7 Å². The fourth-order valence-corrected chi connectivity index (χ4v) is 2.66. The first-order chi connectivity index (χ1) is 11.3. The lowest BCUT2D eigenvalue weighted by Crippen LogP contribution is -2.53. The number of nitrogens with one attached hydrogen (secondary N) is 2. The van der Waals surface area contributed by atoms with Gasteiger partial charge in [0.25, 0.3) is 0 Å². The minimum Gasteiger partial charge on any atom is -0.443 e. The van der Waals surface area contributed by atoms with E-state index in [0.29, 0.717) is 0 Å². The Morgan fingerprint density at radius 1 is 1.17 bits per heavy atom. The molecule has 0 unspecified atom stereocenters. The predicted octanol–water partition coefficient (Wildman–Crippen LogP) is 3.58. The Balaban J connectivity index is 2.02. The van der Waals surface area contributed by atoms with Gasteiger partial charge in [-0.15, -0.1) is 0 Å². The van der Waals surface area contributed by atoms with Crippen molar-refractivity contribution < 1.29 is 14.3 Å². The molecular weight excluding hydrogens is 306 g/mol. The first-order valence-corrected chi connectivity index (χ1v) is 8.45. The zero-order valence-corrected chi connectivity index (χ0v) is 14.7. The summed E-state index contributed by atoms with van der Waals surface area (Å²) >= 11 is 0. The summed E-state index contributed by atoms with van der Waals surface area (Å²) < 4.78 is 5.25. The van der Waals surface area contributed by atoms with Gasteiger partial charge in [0.1, 0.15) is 5.60 Å². The van der Waals surface area contributed by atoms with Gasteiger partial charge in [0, 0.05) is 6.04 Å². The maximum absolute atomic E-state index is 12.5. The second kappa shape index (κ2) is 8.04. The van der Waals surface area contributed by atoms with Crippen molar-refractivity contribution >= 4 is 12.1 Å². The van der Waals surface area contributed by atoms with E-state index in [1.807, 2.05) is 30.3 Å². The lowest BCUT2D eigenvalue weighted by atomic mass is 10.2. The molecule has 0 aromatic heterocycles. The highest BCUT2D eigenvalue weighted by Crippen LogP contribution is 2.18. The van der Waals surface area contributed by atoms with E-state index < -0.39 is 11.7 Å². The van der Waals surface area contributed by atoms with Crippen LogP contribution in [0.25, 0.3) is 0 Å². The van der Waals surface area contributed by atoms with E-state index in [2.05, 4.69) is 10.7 Å². The van der Waals surface area contributed by atoms with E-state index in [4.69, 9.17) is 4.74 Å². The first-order valence-electron chi connectivity index (χ1n) is 8.45. The Bertz CT molecular complexity index is 548. The quantitative estimate of drug-likeness (QED) is 0.831. The lowest BCUT2D eigenvalue weighted by Gasteiger charge is -2.27. The number of hydrazine groups is 1. The summed E-state index contributed by atoms with van der Waals surface area (Å²) in [6.07, 6.45) is 3.58. The highest BCUT2D eigenvalue weighted by Gasteiger charge is 2.24. The van der Waals surface area contributed by atoms with Crippen LogP contribution in [0, 0.1) is 0 Å². The van der Waals surface area contributed by atoms with E-state index in [0.717, 1.165) is 31.2 Å². The molecule has 0 spiro atoms. The third kappa shape index (κ3) is 6.10. The SMILES string of the molecule is CC(C)(C)OC(=O)NN(Cc1ccccc1)C(=O)NC1CCCC1. The molecule has 0 saturated heterocycles. The molecule has 1 aromatic rings. The number of urea groups is 1. The Hall–Kier alpha value is -2.24. The van der Waals surface area contributed by atoms with Crippen LogP contribution in [0.4, 0.5) is 9.59 Å². The molecule has 132 valence electrons. The fraction of sp³-hybridized carbons (Fsp3) is 0.556. The van der Waals surface area contributed by atoms with Crippen LogP contribution in [0.3, 0.4) is 0 Å². The van der Waals surface area contributed by atoms with Gasteiger partial charge in [-0.1, -0.05) is 43.2 Å². The molecule has 0 aliphatic heterocycles. The molecule has 2 rings (SSSR count). The predicted molar refractivity (Wildman–Crippen MR) is 92.1 cm³/mol. The van der Waals surface area contributed by atoms with Crippen molar-refractivity contribution in [2.24, 2.45) is 0 Å². The van der Waals surface area contributed by atoms with E-state index in [-0.39, 0.29) is 18.6 Å². The molecule has 0 heterocycles. The highest BCUT2D eigenvalue weighted by atomic mass is 16.6. The lowest BCUT2D eigenvalue weighted by molar-refractivity contribution is 0.0367. The van der Waals surface area contributed by atoms with E-state index in [1.165, 1.54) is 5.01 Å². The molecule has 2 N–H and O–H groups in total. The van der Waals surface area contributed by atoms with Crippen LogP contribution in [0.1, 0.15) is 52.0 Å². The summed E-state index contributed by atoms with van der Waals surface area (Å²) in [6.45, 7) is 5.63. The van der Waals surface area contributed by atoms with Crippen LogP contribution in [0.5, 0.6) is 0 Å². The number of ether oxygens (including phenoxy) is 1. The standard InChI is InChI=1S/C18H27N3O3/c1-18(2,3)24-17(23)20-21(13-14-9-5-4-6-10-14)16(22)19-15-11-7-8-12-15/h4-6,9-10,15H,7-8,11-13H2,1-3H3,(H,19,22)(H,20,23). The van der Waals surface area contributed by atoms with Crippen LogP contribution in [0.2, 0.25) is 0 Å². The van der Waals surface area contributed by atoms with Gasteiger partial charge >= 0.3 is 12.1 Å². The third-order valence-electron chi connectivity index (χ3n) is 3.74. The van der Waals surface area contributed by atoms with Gasteiger partial charge in [0.15, 0.2) is 0 Å². The Morgan fingerprint density at radius 2 is 1.79 bits per heavy atom. The maximum atomic E-state index is 12.5. The minimum absolute atomic E-state index is 0.177. The number of carbonyl (C=O) groups excluding carboxylic acids is 2. The number of rotatable bonds is 3. The molecule has 1 aliphatic carbocycles. The molecule has 0 bridgehead atoms. The summed E-state index contributed by atoms with van der Waals surface area (Å²) in [5.41, 5.74) is 2.86. The average Bonchev–Trinajstić information content (AvgIpc) is 2.98. The topological polar surface area (TPSA) is 70.7 Å². The zero-order chi connectivity index (χ0) is 17.6. The van der Waals surface area contributed by atoms with Gasteiger partial charge < -0.3 is 10.1 Å². The van der Waals surface area contributed by atoms with E-state index in [9.17, 15) is 9.59 Å². The van der Waals surface area contributed by atoms with Gasteiger partial charge in [-0.05, 0) is 39.2 Å². The highest BCUT2D eigenvalue weighted by molar-refractivity contribution is 5.78. The number of carbonyl (C=O) groups is 2. The number of hydrogen-bond donors (Lipinski definition) is 2. The minimum atomic E-state index is -0.639. The molecule has 1 aliphatic rings. The van der Waals surface area contributed by atoms with Crippen molar-refractivity contribution in [3.8, 4) is 0 Å². The molecule has 0 atom stereocenters. The fourth-order valence-electron chi connectivity index (χ4n) is 2.66. The van der Waals surface area contributed by atoms with Crippen LogP contribution in [-0.4, -0.2) is 28.8 Å². The van der Waals surface area contributed by atoms with Crippen molar-refractivity contribution in [2.75, 3.05) is 0 Å². The van der Waals surface area contributed by atoms with Gasteiger partial charge in [-0.3, -0.25) is 0 Å². The molecule has 0 radical (unpaired) electrons. The van der Waals surface area contributed by atoms with Crippen molar-refractivity contribution in [1.82, 2.24) is 15.8 Å². The molecule has 1 aromatic carbocycles. The van der Waals surface area contributed by atoms with Crippen LogP contribution >= 0.6 is 0 Å². The summed E-state index contributed by atoms with van der Waals surface area (Å²) in [4.78, 5) is 24.6. The Morgan fingerprint density at radius 3 is 2.38 bits per heavy atom.